The zero-order valence-corrected chi connectivity index (χ0v) is 16.3. The molecule has 0 bridgehead atoms. The van der Waals surface area contributed by atoms with E-state index in [9.17, 15) is 4.79 Å². The second-order valence-corrected chi connectivity index (χ2v) is 13.2. The Kier molecular flexibility index (Phi) is 5.07. The Hall–Kier alpha value is -1.13. The third kappa shape index (κ3) is 4.45. The highest BCUT2D eigenvalue weighted by molar-refractivity contribution is 6.74. The lowest BCUT2D eigenvalue weighted by molar-refractivity contribution is -0.162. The SMILES string of the molecule is CC1(O[Si](C)(C)C(C)(C)C)CC(C(=O)OCc2ccccc2)C1. The third-order valence-corrected chi connectivity index (χ3v) is 9.84. The first-order valence-corrected chi connectivity index (χ1v) is 11.3. The lowest BCUT2D eigenvalue weighted by Gasteiger charge is -2.51. The minimum atomic E-state index is -1.80. The van der Waals surface area contributed by atoms with Crippen molar-refractivity contribution >= 4 is 14.3 Å². The van der Waals surface area contributed by atoms with Gasteiger partial charge in [0.05, 0.1) is 11.5 Å². The van der Waals surface area contributed by atoms with Crippen LogP contribution in [0.3, 0.4) is 0 Å². The summed E-state index contributed by atoms with van der Waals surface area (Å²) in [5, 5.41) is 0.189. The minimum Gasteiger partial charge on any atom is -0.461 e. The average Bonchev–Trinajstić information content (AvgIpc) is 2.41. The first-order chi connectivity index (χ1) is 10.5. The lowest BCUT2D eigenvalue weighted by Crippen LogP contribution is -2.55. The molecule has 1 aromatic carbocycles. The first-order valence-electron chi connectivity index (χ1n) is 8.43. The third-order valence-electron chi connectivity index (χ3n) is 5.22. The largest absolute Gasteiger partial charge is 0.461 e. The van der Waals surface area contributed by atoms with E-state index in [4.69, 9.17) is 9.16 Å². The topological polar surface area (TPSA) is 35.5 Å². The maximum Gasteiger partial charge on any atom is 0.309 e. The summed E-state index contributed by atoms with van der Waals surface area (Å²) in [5.74, 6) is -0.112. The Bertz CT molecular complexity index is 539. The lowest BCUT2D eigenvalue weighted by atomic mass is 9.72. The first kappa shape index (κ1) is 18.2. The number of hydrogen-bond donors (Lipinski definition) is 0. The summed E-state index contributed by atoms with van der Waals surface area (Å²) in [6, 6.07) is 9.81. The van der Waals surface area contributed by atoms with Crippen molar-refractivity contribution in [3.63, 3.8) is 0 Å². The normalized spacial score (nSPS) is 24.9. The molecular weight excluding hydrogens is 304 g/mol. The molecule has 0 heterocycles. The van der Waals surface area contributed by atoms with Gasteiger partial charge in [0.25, 0.3) is 0 Å². The van der Waals surface area contributed by atoms with Crippen LogP contribution in [0, 0.1) is 5.92 Å². The van der Waals surface area contributed by atoms with E-state index in [-0.39, 0.29) is 22.5 Å². The molecule has 0 aromatic heterocycles. The molecule has 3 nitrogen and oxygen atoms in total. The number of hydrogen-bond acceptors (Lipinski definition) is 3. The summed E-state index contributed by atoms with van der Waals surface area (Å²) in [6.45, 7) is 13.7. The molecule has 0 atom stereocenters. The monoisotopic (exact) mass is 334 g/mol. The molecule has 0 radical (unpaired) electrons. The van der Waals surface area contributed by atoms with Gasteiger partial charge >= 0.3 is 5.97 Å². The highest BCUT2D eigenvalue weighted by atomic mass is 28.4. The molecule has 128 valence electrons. The van der Waals surface area contributed by atoms with Crippen LogP contribution in [-0.4, -0.2) is 19.9 Å². The smallest absolute Gasteiger partial charge is 0.309 e. The molecule has 0 saturated heterocycles. The maximum atomic E-state index is 12.2. The predicted molar refractivity (Wildman–Crippen MR) is 95.6 cm³/mol. The van der Waals surface area contributed by atoms with Crippen LogP contribution in [0.15, 0.2) is 30.3 Å². The summed E-state index contributed by atoms with van der Waals surface area (Å²) >= 11 is 0. The molecule has 23 heavy (non-hydrogen) atoms. The van der Waals surface area contributed by atoms with Crippen LogP contribution in [0.4, 0.5) is 0 Å². The van der Waals surface area contributed by atoms with E-state index in [1.807, 2.05) is 30.3 Å². The van der Waals surface area contributed by atoms with Crippen LogP contribution in [0.25, 0.3) is 0 Å². The summed E-state index contributed by atoms with van der Waals surface area (Å²) in [7, 11) is -1.80. The number of rotatable bonds is 5. The molecule has 0 N–H and O–H groups in total. The average molecular weight is 335 g/mol. The van der Waals surface area contributed by atoms with Crippen molar-refractivity contribution in [2.24, 2.45) is 5.92 Å². The predicted octanol–water partition coefficient (Wildman–Crippen LogP) is 4.92. The zero-order chi connectivity index (χ0) is 17.3. The fraction of sp³-hybridized carbons (Fsp3) is 0.632. The van der Waals surface area contributed by atoms with Crippen LogP contribution < -0.4 is 0 Å². The molecule has 1 fully saturated rings. The standard InChI is InChI=1S/C19H30O3Si/c1-18(2,3)23(5,6)22-19(4)12-16(13-19)17(20)21-14-15-10-8-7-9-11-15/h7-11,16H,12-14H2,1-6H3. The van der Waals surface area contributed by atoms with E-state index in [0.29, 0.717) is 6.61 Å². The number of ether oxygens (including phenoxy) is 1. The molecular formula is C19H30O3Si. The molecule has 0 amide bonds. The summed E-state index contributed by atoms with van der Waals surface area (Å²) in [5.41, 5.74) is 0.861. The van der Waals surface area contributed by atoms with Gasteiger partial charge in [-0.2, -0.15) is 0 Å². The van der Waals surface area contributed by atoms with E-state index in [1.54, 1.807) is 0 Å². The van der Waals surface area contributed by atoms with E-state index < -0.39 is 8.32 Å². The molecule has 1 aliphatic rings. The molecule has 1 aliphatic carbocycles. The molecule has 0 spiro atoms. The van der Waals surface area contributed by atoms with Crippen LogP contribution in [0.2, 0.25) is 18.1 Å². The Morgan fingerprint density at radius 2 is 1.78 bits per heavy atom. The van der Waals surface area contributed by atoms with Crippen molar-refractivity contribution in [2.75, 3.05) is 0 Å². The van der Waals surface area contributed by atoms with Crippen LogP contribution in [0.5, 0.6) is 0 Å². The molecule has 1 saturated carbocycles. The minimum absolute atomic E-state index is 0.0199. The van der Waals surface area contributed by atoms with Crippen molar-refractivity contribution in [1.29, 1.82) is 0 Å². The van der Waals surface area contributed by atoms with Crippen molar-refractivity contribution in [2.45, 2.75) is 70.9 Å². The van der Waals surface area contributed by atoms with Crippen LogP contribution in [-0.2, 0) is 20.6 Å². The van der Waals surface area contributed by atoms with E-state index >= 15 is 0 Å². The summed E-state index contributed by atoms with van der Waals surface area (Å²) in [4.78, 5) is 12.2. The van der Waals surface area contributed by atoms with Gasteiger partial charge in [-0.15, -0.1) is 0 Å². The second kappa shape index (κ2) is 6.40. The summed E-state index contributed by atoms with van der Waals surface area (Å²) in [6.07, 6.45) is 1.54. The van der Waals surface area contributed by atoms with Crippen molar-refractivity contribution in [3.8, 4) is 0 Å². The van der Waals surface area contributed by atoms with Gasteiger partial charge in [0.15, 0.2) is 8.32 Å². The second-order valence-electron chi connectivity index (χ2n) is 8.51. The molecule has 0 unspecified atom stereocenters. The van der Waals surface area contributed by atoms with Crippen LogP contribution in [0.1, 0.15) is 46.1 Å². The Balaban J connectivity index is 1.82. The molecule has 2 rings (SSSR count). The number of carbonyl (C=O) groups excluding carboxylic acids is 1. The van der Waals surface area contributed by atoms with Gasteiger partial charge in [-0.1, -0.05) is 51.1 Å². The highest BCUT2D eigenvalue weighted by Crippen LogP contribution is 2.47. The van der Waals surface area contributed by atoms with Gasteiger partial charge in [-0.25, -0.2) is 0 Å². The fourth-order valence-corrected chi connectivity index (χ4v) is 4.55. The Morgan fingerprint density at radius 3 is 2.30 bits per heavy atom. The molecule has 0 aliphatic heterocycles. The number of carbonyl (C=O) groups is 1. The molecule has 1 aromatic rings. The van der Waals surface area contributed by atoms with Gasteiger partial charge in [0.1, 0.15) is 6.61 Å². The van der Waals surface area contributed by atoms with Gasteiger partial charge in [-0.3, -0.25) is 4.79 Å². The quantitative estimate of drug-likeness (QED) is 0.566. The van der Waals surface area contributed by atoms with E-state index in [2.05, 4.69) is 40.8 Å². The molecule has 4 heteroatoms. The van der Waals surface area contributed by atoms with Crippen molar-refractivity contribution in [1.82, 2.24) is 0 Å². The van der Waals surface area contributed by atoms with E-state index in [1.165, 1.54) is 0 Å². The fourth-order valence-electron chi connectivity index (χ4n) is 2.85. The maximum absolute atomic E-state index is 12.2. The number of benzene rings is 1. The summed E-state index contributed by atoms with van der Waals surface area (Å²) < 4.78 is 11.9. The van der Waals surface area contributed by atoms with Crippen molar-refractivity contribution in [3.05, 3.63) is 35.9 Å². The Labute approximate surface area is 141 Å². The number of esters is 1. The van der Waals surface area contributed by atoms with Crippen LogP contribution >= 0.6 is 0 Å². The highest BCUT2D eigenvalue weighted by Gasteiger charge is 2.51. The zero-order valence-electron chi connectivity index (χ0n) is 15.3. The van der Waals surface area contributed by atoms with Crippen molar-refractivity contribution < 1.29 is 14.0 Å². The van der Waals surface area contributed by atoms with Gasteiger partial charge in [0, 0.05) is 0 Å². The Morgan fingerprint density at radius 1 is 1.22 bits per heavy atom. The van der Waals surface area contributed by atoms with Gasteiger partial charge < -0.3 is 9.16 Å². The van der Waals surface area contributed by atoms with E-state index in [0.717, 1.165) is 18.4 Å². The van der Waals surface area contributed by atoms with Gasteiger partial charge in [-0.05, 0) is 43.5 Å². The van der Waals surface area contributed by atoms with Gasteiger partial charge in [0.2, 0.25) is 0 Å².